The zero-order valence-electron chi connectivity index (χ0n) is 14.4. The van der Waals surface area contributed by atoms with E-state index in [4.69, 9.17) is 14.2 Å². The summed E-state index contributed by atoms with van der Waals surface area (Å²) >= 11 is 0. The van der Waals surface area contributed by atoms with Crippen molar-refractivity contribution < 1.29 is 19.0 Å². The first-order valence-electron chi connectivity index (χ1n) is 8.48. The molecule has 0 unspecified atom stereocenters. The second kappa shape index (κ2) is 7.66. The highest BCUT2D eigenvalue weighted by Crippen LogP contribution is 2.33. The van der Waals surface area contributed by atoms with E-state index in [1.54, 1.807) is 12.1 Å². The molecule has 1 N–H and O–H groups in total. The summed E-state index contributed by atoms with van der Waals surface area (Å²) in [6, 6.07) is 22.2. The lowest BCUT2D eigenvalue weighted by atomic mass is 10.2. The molecule has 0 fully saturated rings. The Morgan fingerprint density at radius 3 is 2.59 bits per heavy atom. The van der Waals surface area contributed by atoms with Crippen LogP contribution < -0.4 is 19.5 Å². The van der Waals surface area contributed by atoms with Crippen molar-refractivity contribution >= 4 is 17.7 Å². The molecule has 0 atom stereocenters. The lowest BCUT2D eigenvalue weighted by Gasteiger charge is -2.11. The lowest BCUT2D eigenvalue weighted by Crippen LogP contribution is -2.08. The van der Waals surface area contributed by atoms with Crippen LogP contribution in [0.3, 0.4) is 0 Å². The second-order valence-corrected chi connectivity index (χ2v) is 5.85. The number of carbonyl (C=O) groups excluding carboxylic acids is 1. The van der Waals surface area contributed by atoms with E-state index in [0.29, 0.717) is 28.7 Å². The molecule has 0 aliphatic carbocycles. The first-order valence-corrected chi connectivity index (χ1v) is 8.48. The summed E-state index contributed by atoms with van der Waals surface area (Å²) in [7, 11) is 0. The van der Waals surface area contributed by atoms with E-state index in [0.717, 1.165) is 5.56 Å². The van der Waals surface area contributed by atoms with E-state index in [1.807, 2.05) is 66.7 Å². The van der Waals surface area contributed by atoms with E-state index in [9.17, 15) is 4.79 Å². The van der Waals surface area contributed by atoms with Gasteiger partial charge >= 0.3 is 0 Å². The van der Waals surface area contributed by atoms with Gasteiger partial charge in [0.25, 0.3) is 0 Å². The van der Waals surface area contributed by atoms with Crippen LogP contribution in [0.25, 0.3) is 6.08 Å². The van der Waals surface area contributed by atoms with Gasteiger partial charge in [-0.3, -0.25) is 4.79 Å². The monoisotopic (exact) mass is 359 g/mol. The molecule has 0 spiro atoms. The predicted octanol–water partition coefficient (Wildman–Crippen LogP) is 4.86. The quantitative estimate of drug-likeness (QED) is 0.661. The molecule has 5 nitrogen and oxygen atoms in total. The molecule has 1 heterocycles. The molecule has 1 aliphatic rings. The van der Waals surface area contributed by atoms with Crippen LogP contribution in [0.1, 0.15) is 5.56 Å². The van der Waals surface area contributed by atoms with Crippen LogP contribution in [-0.2, 0) is 4.79 Å². The van der Waals surface area contributed by atoms with E-state index >= 15 is 0 Å². The molecule has 0 saturated carbocycles. The highest BCUT2D eigenvalue weighted by molar-refractivity contribution is 6.02. The number of nitrogens with one attached hydrogen (secondary N) is 1. The van der Waals surface area contributed by atoms with Gasteiger partial charge in [0.05, 0.1) is 5.69 Å². The van der Waals surface area contributed by atoms with E-state index in [2.05, 4.69) is 5.32 Å². The second-order valence-electron chi connectivity index (χ2n) is 5.85. The van der Waals surface area contributed by atoms with Gasteiger partial charge in [0.15, 0.2) is 17.2 Å². The molecule has 134 valence electrons. The summed E-state index contributed by atoms with van der Waals surface area (Å²) in [5, 5.41) is 2.85. The molecule has 0 aromatic heterocycles. The number of carbonyl (C=O) groups is 1. The van der Waals surface area contributed by atoms with Crippen LogP contribution in [0.5, 0.6) is 23.0 Å². The van der Waals surface area contributed by atoms with Crippen molar-refractivity contribution in [2.75, 3.05) is 12.1 Å². The molecule has 5 heteroatoms. The summed E-state index contributed by atoms with van der Waals surface area (Å²) in [6.07, 6.45) is 3.19. The number of ether oxygens (including phenoxy) is 3. The topological polar surface area (TPSA) is 56.8 Å². The fourth-order valence-electron chi connectivity index (χ4n) is 2.64. The number of para-hydroxylation sites is 3. The van der Waals surface area contributed by atoms with Gasteiger partial charge in [0, 0.05) is 6.08 Å². The summed E-state index contributed by atoms with van der Waals surface area (Å²) in [6.45, 7) is 0.223. The molecule has 1 amide bonds. The first kappa shape index (κ1) is 16.7. The molecular weight excluding hydrogens is 342 g/mol. The maximum absolute atomic E-state index is 12.3. The normalized spacial score (nSPS) is 12.1. The van der Waals surface area contributed by atoms with Crippen molar-refractivity contribution in [3.05, 3.63) is 84.4 Å². The third kappa shape index (κ3) is 4.10. The van der Waals surface area contributed by atoms with Crippen LogP contribution in [0.4, 0.5) is 5.69 Å². The van der Waals surface area contributed by atoms with Crippen molar-refractivity contribution in [3.63, 3.8) is 0 Å². The minimum Gasteiger partial charge on any atom is -0.455 e. The van der Waals surface area contributed by atoms with Gasteiger partial charge in [-0.15, -0.1) is 0 Å². The SMILES string of the molecule is O=C(C=Cc1ccc2c(c1)OCO2)Nc1ccccc1Oc1ccccc1. The number of fused-ring (bicyclic) bond motifs is 1. The summed E-state index contributed by atoms with van der Waals surface area (Å²) in [4.78, 5) is 12.3. The Morgan fingerprint density at radius 1 is 0.926 bits per heavy atom. The number of anilines is 1. The summed E-state index contributed by atoms with van der Waals surface area (Å²) in [5.41, 5.74) is 1.45. The largest absolute Gasteiger partial charge is 0.455 e. The summed E-state index contributed by atoms with van der Waals surface area (Å²) in [5.74, 6) is 2.42. The van der Waals surface area contributed by atoms with Gasteiger partial charge in [0.2, 0.25) is 12.7 Å². The Bertz CT molecular complexity index is 983. The van der Waals surface area contributed by atoms with Gasteiger partial charge in [-0.05, 0) is 48.0 Å². The first-order chi connectivity index (χ1) is 13.3. The number of rotatable bonds is 5. The Balaban J connectivity index is 1.45. The molecule has 1 aliphatic heterocycles. The fourth-order valence-corrected chi connectivity index (χ4v) is 2.64. The van der Waals surface area contributed by atoms with Crippen LogP contribution in [0, 0.1) is 0 Å². The van der Waals surface area contributed by atoms with Crippen LogP contribution in [0.15, 0.2) is 78.9 Å². The zero-order chi connectivity index (χ0) is 18.5. The predicted molar refractivity (Wildman–Crippen MR) is 103 cm³/mol. The van der Waals surface area contributed by atoms with Crippen LogP contribution in [0.2, 0.25) is 0 Å². The van der Waals surface area contributed by atoms with Gasteiger partial charge in [-0.25, -0.2) is 0 Å². The van der Waals surface area contributed by atoms with Crippen molar-refractivity contribution in [2.45, 2.75) is 0 Å². The molecule has 3 aromatic carbocycles. The fraction of sp³-hybridized carbons (Fsp3) is 0.0455. The third-order valence-electron chi connectivity index (χ3n) is 3.94. The van der Waals surface area contributed by atoms with Gasteiger partial charge in [-0.2, -0.15) is 0 Å². The highest BCUT2D eigenvalue weighted by atomic mass is 16.7. The average molecular weight is 359 g/mol. The minimum absolute atomic E-state index is 0.223. The van der Waals surface area contributed by atoms with Gasteiger partial charge < -0.3 is 19.5 Å². The van der Waals surface area contributed by atoms with Gasteiger partial charge in [-0.1, -0.05) is 36.4 Å². The molecule has 3 aromatic rings. The van der Waals surface area contributed by atoms with Crippen molar-refractivity contribution in [1.29, 1.82) is 0 Å². The molecule has 0 bridgehead atoms. The number of amides is 1. The summed E-state index contributed by atoms with van der Waals surface area (Å²) < 4.78 is 16.5. The average Bonchev–Trinajstić information content (AvgIpc) is 3.17. The Labute approximate surface area is 156 Å². The Kier molecular flexibility index (Phi) is 4.74. The van der Waals surface area contributed by atoms with E-state index in [-0.39, 0.29) is 12.7 Å². The van der Waals surface area contributed by atoms with Crippen molar-refractivity contribution in [2.24, 2.45) is 0 Å². The maximum Gasteiger partial charge on any atom is 0.248 e. The van der Waals surface area contributed by atoms with E-state index < -0.39 is 0 Å². The van der Waals surface area contributed by atoms with Gasteiger partial charge in [0.1, 0.15) is 5.75 Å². The van der Waals surface area contributed by atoms with Crippen LogP contribution in [-0.4, -0.2) is 12.7 Å². The maximum atomic E-state index is 12.3. The third-order valence-corrected chi connectivity index (χ3v) is 3.94. The number of hydrogen-bond acceptors (Lipinski definition) is 4. The highest BCUT2D eigenvalue weighted by Gasteiger charge is 2.12. The number of hydrogen-bond donors (Lipinski definition) is 1. The zero-order valence-corrected chi connectivity index (χ0v) is 14.4. The minimum atomic E-state index is -0.253. The standard InChI is InChI=1S/C22H17NO4/c24-22(13-11-16-10-12-20-21(14-16)26-15-25-20)23-18-8-4-5-9-19(18)27-17-6-2-1-3-7-17/h1-14H,15H2,(H,23,24). The molecule has 27 heavy (non-hydrogen) atoms. The Morgan fingerprint density at radius 2 is 1.70 bits per heavy atom. The lowest BCUT2D eigenvalue weighted by molar-refractivity contribution is -0.111. The molecule has 0 radical (unpaired) electrons. The molecule has 0 saturated heterocycles. The molecule has 4 rings (SSSR count). The molecular formula is C22H17NO4. The van der Waals surface area contributed by atoms with Crippen molar-refractivity contribution in [3.8, 4) is 23.0 Å². The van der Waals surface area contributed by atoms with Crippen LogP contribution >= 0.6 is 0 Å². The Hall–Kier alpha value is -3.73. The van der Waals surface area contributed by atoms with Crippen molar-refractivity contribution in [1.82, 2.24) is 0 Å². The van der Waals surface area contributed by atoms with E-state index in [1.165, 1.54) is 6.08 Å². The number of benzene rings is 3. The smallest absolute Gasteiger partial charge is 0.248 e.